The number of nitrogens with one attached hydrogen (secondary N) is 1. The predicted octanol–water partition coefficient (Wildman–Crippen LogP) is 10.3. The minimum absolute atomic E-state index is 0.0708. The molecular weight excluding hydrogens is 558 g/mol. The molecule has 4 aromatic carbocycles. The number of hydrogen-bond donors (Lipinski definition) is 1. The summed E-state index contributed by atoms with van der Waals surface area (Å²) >= 11 is 0. The SMILES string of the molecule is CCN1/C(=C/C=C/C=C/C=C/C23NCCCCCCN2c2ccc4ccccc4c2C3(C)C)C(C)(C)c2c1ccc1ccccc21. The lowest BCUT2D eigenvalue weighted by Gasteiger charge is -2.47. The van der Waals surface area contributed by atoms with E-state index in [1.54, 1.807) is 0 Å². The fourth-order valence-electron chi connectivity index (χ4n) is 8.77. The lowest BCUT2D eigenvalue weighted by Crippen LogP contribution is -2.64. The zero-order valence-electron chi connectivity index (χ0n) is 28.3. The molecule has 1 N–H and O–H groups in total. The summed E-state index contributed by atoms with van der Waals surface area (Å²) in [6, 6.07) is 26.9. The second-order valence-electron chi connectivity index (χ2n) is 14.3. The Labute approximate surface area is 276 Å². The van der Waals surface area contributed by atoms with E-state index in [1.807, 2.05) is 0 Å². The molecule has 46 heavy (non-hydrogen) atoms. The van der Waals surface area contributed by atoms with E-state index in [0.29, 0.717) is 0 Å². The minimum Gasteiger partial charge on any atom is -0.349 e. The van der Waals surface area contributed by atoms with Crippen LogP contribution in [0.4, 0.5) is 11.4 Å². The van der Waals surface area contributed by atoms with Gasteiger partial charge in [0.1, 0.15) is 5.66 Å². The third-order valence-corrected chi connectivity index (χ3v) is 11.0. The van der Waals surface area contributed by atoms with E-state index in [-0.39, 0.29) is 16.5 Å². The first-order chi connectivity index (χ1) is 22.3. The van der Waals surface area contributed by atoms with Crippen molar-refractivity contribution >= 4 is 32.9 Å². The largest absolute Gasteiger partial charge is 0.349 e. The average Bonchev–Trinajstić information content (AvgIpc) is 3.44. The molecule has 7 rings (SSSR count). The van der Waals surface area contributed by atoms with Gasteiger partial charge >= 0.3 is 0 Å². The summed E-state index contributed by atoms with van der Waals surface area (Å²) in [5, 5.41) is 9.46. The summed E-state index contributed by atoms with van der Waals surface area (Å²) < 4.78 is 0. The van der Waals surface area contributed by atoms with E-state index >= 15 is 0 Å². The summed E-state index contributed by atoms with van der Waals surface area (Å²) in [4.78, 5) is 5.16. The number of likely N-dealkylation sites (N-methyl/N-ethyl adjacent to an activating group) is 1. The van der Waals surface area contributed by atoms with Crippen molar-refractivity contribution in [2.45, 2.75) is 76.8 Å². The van der Waals surface area contributed by atoms with Crippen molar-refractivity contribution in [2.24, 2.45) is 0 Å². The van der Waals surface area contributed by atoms with Gasteiger partial charge in [-0.05, 0) is 83.3 Å². The number of anilines is 2. The summed E-state index contributed by atoms with van der Waals surface area (Å²) in [5.74, 6) is 0. The van der Waals surface area contributed by atoms with Crippen LogP contribution in [-0.2, 0) is 10.8 Å². The van der Waals surface area contributed by atoms with Crippen molar-refractivity contribution in [2.75, 3.05) is 29.4 Å². The highest BCUT2D eigenvalue weighted by Gasteiger charge is 2.55. The van der Waals surface area contributed by atoms with Crippen LogP contribution in [-0.4, -0.2) is 25.3 Å². The topological polar surface area (TPSA) is 18.5 Å². The van der Waals surface area contributed by atoms with Crippen molar-refractivity contribution in [1.82, 2.24) is 5.32 Å². The van der Waals surface area contributed by atoms with Gasteiger partial charge in [0.05, 0.1) is 0 Å². The van der Waals surface area contributed by atoms with E-state index in [4.69, 9.17) is 0 Å². The molecule has 4 aromatic rings. The fourth-order valence-corrected chi connectivity index (χ4v) is 8.77. The molecule has 0 aliphatic carbocycles. The Hall–Kier alpha value is -4.08. The summed E-state index contributed by atoms with van der Waals surface area (Å²) in [6.45, 7) is 14.9. The Morgan fingerprint density at radius 2 is 1.30 bits per heavy atom. The smallest absolute Gasteiger partial charge is 0.120 e. The fraction of sp³-hybridized carbons (Fsp3) is 0.349. The second kappa shape index (κ2) is 11.9. The first-order valence-corrected chi connectivity index (χ1v) is 17.4. The predicted molar refractivity (Wildman–Crippen MR) is 199 cm³/mol. The van der Waals surface area contributed by atoms with Crippen LogP contribution in [0.2, 0.25) is 0 Å². The van der Waals surface area contributed by atoms with Gasteiger partial charge in [-0.1, -0.05) is 132 Å². The van der Waals surface area contributed by atoms with Crippen LogP contribution in [0.5, 0.6) is 0 Å². The molecule has 1 atom stereocenters. The van der Waals surface area contributed by atoms with E-state index in [1.165, 1.54) is 75.4 Å². The van der Waals surface area contributed by atoms with Gasteiger partial charge in [0.2, 0.25) is 0 Å². The van der Waals surface area contributed by atoms with Gasteiger partial charge in [-0.25, -0.2) is 0 Å². The molecule has 0 radical (unpaired) electrons. The number of hydrogen-bond acceptors (Lipinski definition) is 3. The van der Waals surface area contributed by atoms with Crippen LogP contribution in [0.25, 0.3) is 21.5 Å². The zero-order chi connectivity index (χ0) is 31.9. The van der Waals surface area contributed by atoms with Gasteiger partial charge in [-0.3, -0.25) is 5.32 Å². The van der Waals surface area contributed by atoms with E-state index in [0.717, 1.165) is 19.6 Å². The molecule has 3 heterocycles. The molecule has 1 unspecified atom stereocenters. The van der Waals surface area contributed by atoms with E-state index < -0.39 is 0 Å². The normalized spacial score (nSPS) is 23.4. The van der Waals surface area contributed by atoms with Crippen molar-refractivity contribution in [3.8, 4) is 0 Å². The van der Waals surface area contributed by atoms with Gasteiger partial charge < -0.3 is 9.80 Å². The van der Waals surface area contributed by atoms with Gasteiger partial charge in [-0.15, -0.1) is 0 Å². The molecule has 0 saturated carbocycles. The van der Waals surface area contributed by atoms with Crippen LogP contribution >= 0.6 is 0 Å². The van der Waals surface area contributed by atoms with Crippen LogP contribution in [0.3, 0.4) is 0 Å². The molecule has 236 valence electrons. The monoisotopic (exact) mass is 607 g/mol. The van der Waals surface area contributed by atoms with Crippen LogP contribution < -0.4 is 15.1 Å². The van der Waals surface area contributed by atoms with Crippen molar-refractivity contribution in [3.63, 3.8) is 0 Å². The van der Waals surface area contributed by atoms with Crippen molar-refractivity contribution < 1.29 is 0 Å². The average molecular weight is 608 g/mol. The Balaban J connectivity index is 1.18. The highest BCUT2D eigenvalue weighted by Crippen LogP contribution is 2.54. The second-order valence-corrected chi connectivity index (χ2v) is 14.3. The summed E-state index contributed by atoms with van der Waals surface area (Å²) in [7, 11) is 0. The lowest BCUT2D eigenvalue weighted by molar-refractivity contribution is 0.266. The molecule has 3 heteroatoms. The van der Waals surface area contributed by atoms with Crippen LogP contribution in [0.1, 0.15) is 71.4 Å². The Morgan fingerprint density at radius 3 is 2.04 bits per heavy atom. The maximum absolute atomic E-state index is 4.09. The number of nitrogens with zero attached hydrogens (tertiary/aromatic N) is 2. The molecule has 0 aromatic heterocycles. The molecule has 3 nitrogen and oxygen atoms in total. The maximum Gasteiger partial charge on any atom is 0.120 e. The van der Waals surface area contributed by atoms with Crippen molar-refractivity contribution in [1.29, 1.82) is 0 Å². The highest BCUT2D eigenvalue weighted by molar-refractivity contribution is 5.95. The third kappa shape index (κ3) is 4.74. The number of allylic oxidation sites excluding steroid dienone is 7. The Bertz CT molecular complexity index is 1890. The van der Waals surface area contributed by atoms with Crippen molar-refractivity contribution in [3.05, 3.63) is 132 Å². The Morgan fingerprint density at radius 1 is 0.674 bits per heavy atom. The third-order valence-electron chi connectivity index (χ3n) is 11.0. The molecule has 1 fully saturated rings. The number of fused-ring (bicyclic) bond motifs is 8. The molecule has 1 saturated heterocycles. The van der Waals surface area contributed by atoms with Gasteiger partial charge in [0.25, 0.3) is 0 Å². The number of rotatable bonds is 5. The first kappa shape index (κ1) is 30.6. The molecule has 3 aliphatic heterocycles. The van der Waals surface area contributed by atoms with Gasteiger partial charge in [0.15, 0.2) is 0 Å². The standard InChI is InChI=1S/C43H49N3/c1-6-45-36-27-25-32-20-13-15-22-34(32)39(36)41(2,3)38(45)24-12-8-7-9-17-29-43-42(4,5)40-35-23-16-14-21-33(35)26-28-37(40)46(43)31-19-11-10-18-30-44-43/h7-9,12-17,20-29,44H,6,10-11,18-19,30-31H2,1-5H3/b9-7+,12-8+,29-17+,38-24+. The number of benzene rings is 4. The van der Waals surface area contributed by atoms with Gasteiger partial charge in [-0.2, -0.15) is 0 Å². The van der Waals surface area contributed by atoms with E-state index in [2.05, 4.69) is 165 Å². The Kier molecular flexibility index (Phi) is 7.93. The molecule has 0 amide bonds. The summed E-state index contributed by atoms with van der Waals surface area (Å²) in [5.41, 5.74) is 6.49. The first-order valence-electron chi connectivity index (χ1n) is 17.4. The molecule has 3 aliphatic rings. The molecule has 0 bridgehead atoms. The van der Waals surface area contributed by atoms with E-state index in [9.17, 15) is 0 Å². The summed E-state index contributed by atoms with van der Waals surface area (Å²) in [6.07, 6.45) is 20.8. The quantitative estimate of drug-likeness (QED) is 0.228. The maximum atomic E-state index is 4.09. The zero-order valence-corrected chi connectivity index (χ0v) is 28.3. The van der Waals surface area contributed by atoms with Crippen LogP contribution in [0, 0.1) is 0 Å². The van der Waals surface area contributed by atoms with Crippen LogP contribution in [0.15, 0.2) is 121 Å². The highest BCUT2D eigenvalue weighted by atomic mass is 15.4. The minimum atomic E-state index is -0.288. The van der Waals surface area contributed by atoms with Gasteiger partial charge in [0, 0.05) is 41.0 Å². The molecular formula is C43H49N3. The lowest BCUT2D eigenvalue weighted by atomic mass is 9.73. The molecule has 0 spiro atoms.